The Kier molecular flexibility index (Phi) is 3.41. The number of hydrogen-bond donors (Lipinski definition) is 1. The van der Waals surface area contributed by atoms with Crippen molar-refractivity contribution >= 4 is 5.91 Å². The van der Waals surface area contributed by atoms with Crippen molar-refractivity contribution in [3.05, 3.63) is 47.8 Å². The van der Waals surface area contributed by atoms with E-state index < -0.39 is 0 Å². The number of nitrogens with one attached hydrogen (secondary N) is 1. The number of aromatic amines is 1. The molecule has 3 rings (SSSR count). The molecule has 1 amide bonds. The van der Waals surface area contributed by atoms with Crippen LogP contribution in [0.2, 0.25) is 0 Å². The summed E-state index contributed by atoms with van der Waals surface area (Å²) in [6, 6.07) is 9.76. The van der Waals surface area contributed by atoms with Crippen LogP contribution in [-0.4, -0.2) is 34.7 Å². The van der Waals surface area contributed by atoms with Gasteiger partial charge in [-0.1, -0.05) is 18.2 Å². The summed E-state index contributed by atoms with van der Waals surface area (Å²) in [5.74, 6) is 0.889. The number of H-pyrrole nitrogens is 1. The number of para-hydroxylation sites is 1. The molecule has 0 aliphatic carbocycles. The quantitative estimate of drug-likeness (QED) is 0.923. The lowest BCUT2D eigenvalue weighted by Crippen LogP contribution is -2.38. The van der Waals surface area contributed by atoms with Crippen molar-refractivity contribution in [2.45, 2.75) is 13.0 Å². The zero-order valence-corrected chi connectivity index (χ0v) is 11.4. The lowest BCUT2D eigenvalue weighted by Gasteiger charge is -2.28. The van der Waals surface area contributed by atoms with Crippen LogP contribution in [0.25, 0.3) is 0 Å². The Balaban J connectivity index is 1.66. The van der Waals surface area contributed by atoms with Crippen molar-refractivity contribution in [3.63, 3.8) is 0 Å². The van der Waals surface area contributed by atoms with E-state index in [-0.39, 0.29) is 11.8 Å². The van der Waals surface area contributed by atoms with Gasteiger partial charge in [0.05, 0.1) is 18.2 Å². The molecule has 0 saturated carbocycles. The van der Waals surface area contributed by atoms with Gasteiger partial charge in [0.1, 0.15) is 12.4 Å². The molecule has 1 aromatic heterocycles. The van der Waals surface area contributed by atoms with E-state index in [1.54, 1.807) is 11.1 Å². The van der Waals surface area contributed by atoms with Gasteiger partial charge in [0.15, 0.2) is 0 Å². The van der Waals surface area contributed by atoms with E-state index in [1.165, 1.54) is 0 Å². The van der Waals surface area contributed by atoms with Crippen LogP contribution in [0.5, 0.6) is 5.75 Å². The maximum absolute atomic E-state index is 12.4. The second-order valence-electron chi connectivity index (χ2n) is 5.10. The number of fused-ring (bicyclic) bond motifs is 1. The number of nitrogens with zero attached hydrogens (tertiary/aromatic N) is 2. The molecule has 20 heavy (non-hydrogen) atoms. The summed E-state index contributed by atoms with van der Waals surface area (Å²) in [5.41, 5.74) is 2.03. The van der Waals surface area contributed by atoms with Gasteiger partial charge >= 0.3 is 0 Å². The van der Waals surface area contributed by atoms with Gasteiger partial charge in [0, 0.05) is 13.2 Å². The fourth-order valence-corrected chi connectivity index (χ4v) is 2.50. The van der Waals surface area contributed by atoms with E-state index in [2.05, 4.69) is 10.2 Å². The van der Waals surface area contributed by atoms with Crippen LogP contribution in [0.15, 0.2) is 36.5 Å². The molecule has 5 heteroatoms. The molecule has 2 aromatic rings. The highest BCUT2D eigenvalue weighted by molar-refractivity contribution is 5.79. The Bertz CT molecular complexity index is 595. The number of hydrogen-bond acceptors (Lipinski definition) is 3. The minimum atomic E-state index is -0.113. The summed E-state index contributed by atoms with van der Waals surface area (Å²) in [4.78, 5) is 14.2. The maximum atomic E-state index is 12.4. The number of aromatic nitrogens is 2. The Labute approximate surface area is 117 Å². The highest BCUT2D eigenvalue weighted by Crippen LogP contribution is 2.27. The van der Waals surface area contributed by atoms with Gasteiger partial charge in [-0.2, -0.15) is 5.10 Å². The van der Waals surface area contributed by atoms with Crippen molar-refractivity contribution < 1.29 is 9.53 Å². The first-order chi connectivity index (χ1) is 9.74. The average Bonchev–Trinajstić information content (AvgIpc) is 2.99. The van der Waals surface area contributed by atoms with E-state index in [0.29, 0.717) is 13.2 Å². The standard InChI is InChI=1S/C15H17N3O2/c1-18(9-13-6-7-16-17-13)15(19)12-8-11-4-2-3-5-14(11)20-10-12/h2-7,12H,8-10H2,1H3,(H,16,17). The first kappa shape index (κ1) is 12.7. The van der Waals surface area contributed by atoms with Crippen molar-refractivity contribution in [2.24, 2.45) is 5.92 Å². The molecule has 1 N–H and O–H groups in total. The second kappa shape index (κ2) is 5.36. The number of carbonyl (C=O) groups excluding carboxylic acids is 1. The summed E-state index contributed by atoms with van der Waals surface area (Å²) < 4.78 is 5.67. The molecule has 1 aliphatic rings. The van der Waals surface area contributed by atoms with Crippen LogP contribution < -0.4 is 4.74 Å². The van der Waals surface area contributed by atoms with Crippen LogP contribution in [0.3, 0.4) is 0 Å². The number of benzene rings is 1. The number of ether oxygens (including phenoxy) is 1. The summed E-state index contributed by atoms with van der Waals surface area (Å²) in [6.45, 7) is 0.986. The van der Waals surface area contributed by atoms with E-state index in [4.69, 9.17) is 4.74 Å². The molecular weight excluding hydrogens is 254 g/mol. The Morgan fingerprint density at radius 1 is 1.45 bits per heavy atom. The number of carbonyl (C=O) groups is 1. The number of amides is 1. The van der Waals surface area contributed by atoms with Gasteiger partial charge in [-0.05, 0) is 24.1 Å². The topological polar surface area (TPSA) is 58.2 Å². The predicted molar refractivity (Wildman–Crippen MR) is 74.2 cm³/mol. The lowest BCUT2D eigenvalue weighted by molar-refractivity contribution is -0.136. The van der Waals surface area contributed by atoms with E-state index in [1.807, 2.05) is 37.4 Å². The molecule has 0 spiro atoms. The van der Waals surface area contributed by atoms with Gasteiger partial charge in [-0.25, -0.2) is 0 Å². The van der Waals surface area contributed by atoms with E-state index in [0.717, 1.165) is 23.4 Å². The smallest absolute Gasteiger partial charge is 0.229 e. The van der Waals surface area contributed by atoms with Gasteiger partial charge < -0.3 is 9.64 Å². The van der Waals surface area contributed by atoms with Crippen molar-refractivity contribution in [3.8, 4) is 5.75 Å². The van der Waals surface area contributed by atoms with Crippen LogP contribution in [0.1, 0.15) is 11.3 Å². The van der Waals surface area contributed by atoms with Crippen LogP contribution >= 0.6 is 0 Å². The van der Waals surface area contributed by atoms with Gasteiger partial charge in [0.2, 0.25) is 5.91 Å². The third-order valence-corrected chi connectivity index (χ3v) is 3.57. The van der Waals surface area contributed by atoms with Crippen molar-refractivity contribution in [1.82, 2.24) is 15.1 Å². The summed E-state index contributed by atoms with van der Waals surface area (Å²) in [7, 11) is 1.81. The summed E-state index contributed by atoms with van der Waals surface area (Å²) >= 11 is 0. The molecule has 0 saturated heterocycles. The van der Waals surface area contributed by atoms with Gasteiger partial charge in [-0.15, -0.1) is 0 Å². The highest BCUT2D eigenvalue weighted by Gasteiger charge is 2.28. The molecule has 1 atom stereocenters. The fraction of sp³-hybridized carbons (Fsp3) is 0.333. The Morgan fingerprint density at radius 2 is 2.30 bits per heavy atom. The Morgan fingerprint density at radius 3 is 3.10 bits per heavy atom. The average molecular weight is 271 g/mol. The maximum Gasteiger partial charge on any atom is 0.229 e. The lowest BCUT2D eigenvalue weighted by atomic mass is 9.95. The first-order valence-electron chi connectivity index (χ1n) is 6.68. The van der Waals surface area contributed by atoms with Crippen LogP contribution in [0, 0.1) is 5.92 Å². The molecule has 1 aromatic carbocycles. The van der Waals surface area contributed by atoms with Gasteiger partial charge in [-0.3, -0.25) is 9.89 Å². The predicted octanol–water partition coefficient (Wildman–Crippen LogP) is 1.62. The third kappa shape index (κ3) is 2.52. The monoisotopic (exact) mass is 271 g/mol. The van der Waals surface area contributed by atoms with Crippen molar-refractivity contribution in [1.29, 1.82) is 0 Å². The minimum absolute atomic E-state index is 0.106. The molecule has 1 unspecified atom stereocenters. The first-order valence-corrected chi connectivity index (χ1v) is 6.68. The summed E-state index contributed by atoms with van der Waals surface area (Å²) in [6.07, 6.45) is 2.43. The van der Waals surface area contributed by atoms with Crippen molar-refractivity contribution in [2.75, 3.05) is 13.7 Å². The molecule has 0 fully saturated rings. The third-order valence-electron chi connectivity index (χ3n) is 3.57. The molecule has 1 aliphatic heterocycles. The number of rotatable bonds is 3. The SMILES string of the molecule is CN(Cc1ccn[nH]1)C(=O)C1COc2ccccc2C1. The summed E-state index contributed by atoms with van der Waals surface area (Å²) in [5, 5.41) is 6.76. The molecular formula is C15H17N3O2. The van der Waals surface area contributed by atoms with E-state index in [9.17, 15) is 4.79 Å². The van der Waals surface area contributed by atoms with Crippen LogP contribution in [0.4, 0.5) is 0 Å². The molecule has 104 valence electrons. The minimum Gasteiger partial charge on any atom is -0.492 e. The normalized spacial score (nSPS) is 17.1. The van der Waals surface area contributed by atoms with E-state index >= 15 is 0 Å². The highest BCUT2D eigenvalue weighted by atomic mass is 16.5. The molecule has 2 heterocycles. The van der Waals surface area contributed by atoms with Gasteiger partial charge in [0.25, 0.3) is 0 Å². The molecule has 0 bridgehead atoms. The molecule has 0 radical (unpaired) electrons. The Hall–Kier alpha value is -2.30. The fourth-order valence-electron chi connectivity index (χ4n) is 2.50. The second-order valence-corrected chi connectivity index (χ2v) is 5.10. The zero-order valence-electron chi connectivity index (χ0n) is 11.4. The zero-order chi connectivity index (χ0) is 13.9. The van der Waals surface area contributed by atoms with Crippen LogP contribution in [-0.2, 0) is 17.8 Å². The molecule has 5 nitrogen and oxygen atoms in total. The largest absolute Gasteiger partial charge is 0.492 e.